The molecular weight excluding hydrogens is 457 g/mol. The fraction of sp³-hybridized carbons (Fsp3) is 0.353. The fourth-order valence-electron chi connectivity index (χ4n) is 4.98. The van der Waals surface area contributed by atoms with Gasteiger partial charge in [-0.1, -0.05) is 57.2 Å². The van der Waals surface area contributed by atoms with E-state index in [0.29, 0.717) is 11.5 Å². The maximum absolute atomic E-state index is 14.0. The minimum absolute atomic E-state index is 0.159. The highest BCUT2D eigenvalue weighted by Gasteiger charge is 2.23. The van der Waals surface area contributed by atoms with Crippen molar-refractivity contribution >= 4 is 11.3 Å². The van der Waals surface area contributed by atoms with Crippen molar-refractivity contribution in [2.24, 2.45) is 5.92 Å². The van der Waals surface area contributed by atoms with E-state index in [1.165, 1.54) is 27.8 Å². The number of hydrogen-bond acceptors (Lipinski definition) is 2. The van der Waals surface area contributed by atoms with Crippen molar-refractivity contribution in [3.05, 3.63) is 112 Å². The monoisotopic (exact) mass is 499 g/mol. The predicted molar refractivity (Wildman–Crippen MR) is 157 cm³/mol. The fourth-order valence-corrected chi connectivity index (χ4v) is 4.98. The molecule has 2 nitrogen and oxygen atoms in total. The zero-order chi connectivity index (χ0) is 27.3. The van der Waals surface area contributed by atoms with Gasteiger partial charge in [0.1, 0.15) is 11.6 Å². The molecule has 0 radical (unpaired) electrons. The van der Waals surface area contributed by atoms with Gasteiger partial charge in [-0.3, -0.25) is 0 Å². The Balaban J connectivity index is 0.00000186. The molecule has 4 rings (SSSR count). The van der Waals surface area contributed by atoms with Crippen LogP contribution in [0.1, 0.15) is 68.9 Å². The second kappa shape index (κ2) is 12.3. The number of ether oxygens (including phenoxy) is 1. The Morgan fingerprint density at radius 2 is 1.73 bits per heavy atom. The highest BCUT2D eigenvalue weighted by atomic mass is 19.1. The summed E-state index contributed by atoms with van der Waals surface area (Å²) in [4.78, 5) is 2.34. The molecule has 0 amide bonds. The number of allylic oxidation sites excluding steroid dienone is 7. The van der Waals surface area contributed by atoms with E-state index in [9.17, 15) is 4.39 Å². The van der Waals surface area contributed by atoms with Crippen LogP contribution in [0.25, 0.3) is 11.3 Å². The minimum Gasteiger partial charge on any atom is -0.496 e. The molecule has 2 unspecified atom stereocenters. The molecule has 1 heterocycles. The molecule has 37 heavy (non-hydrogen) atoms. The van der Waals surface area contributed by atoms with Crippen LogP contribution in [0.3, 0.4) is 0 Å². The SMILES string of the molecule is C/C=C(/c1cc(C)c(C)c(OC)c1)N1C=C(C2=C(c3ccc(F)c(C)c3)CC(C)C=C2)C=CC1C.CC. The average molecular weight is 500 g/mol. The number of methoxy groups -OCH3 is 1. The van der Waals surface area contributed by atoms with E-state index in [0.717, 1.165) is 29.0 Å². The van der Waals surface area contributed by atoms with Gasteiger partial charge in [-0.2, -0.15) is 0 Å². The molecule has 0 N–H and O–H groups in total. The Bertz CT molecular complexity index is 1290. The van der Waals surface area contributed by atoms with Crippen LogP contribution in [0.4, 0.5) is 4.39 Å². The molecule has 0 saturated carbocycles. The molecule has 0 fully saturated rings. The Morgan fingerprint density at radius 3 is 2.38 bits per heavy atom. The lowest BCUT2D eigenvalue weighted by atomic mass is 9.83. The highest BCUT2D eigenvalue weighted by Crippen LogP contribution is 2.38. The van der Waals surface area contributed by atoms with Crippen LogP contribution < -0.4 is 4.74 Å². The van der Waals surface area contributed by atoms with Crippen LogP contribution in [0.15, 0.2) is 78.1 Å². The Labute approximate surface area is 223 Å². The van der Waals surface area contributed by atoms with Gasteiger partial charge in [0.25, 0.3) is 0 Å². The van der Waals surface area contributed by atoms with E-state index in [1.807, 2.05) is 32.9 Å². The summed E-state index contributed by atoms with van der Waals surface area (Å²) in [6, 6.07) is 10.0. The van der Waals surface area contributed by atoms with Gasteiger partial charge in [0.2, 0.25) is 0 Å². The van der Waals surface area contributed by atoms with Gasteiger partial charge in [-0.25, -0.2) is 4.39 Å². The van der Waals surface area contributed by atoms with Crippen molar-refractivity contribution in [1.29, 1.82) is 0 Å². The summed E-state index contributed by atoms with van der Waals surface area (Å²) >= 11 is 0. The molecule has 0 aromatic heterocycles. The lowest BCUT2D eigenvalue weighted by Gasteiger charge is -2.33. The van der Waals surface area contributed by atoms with Crippen LogP contribution in [0, 0.1) is 32.5 Å². The van der Waals surface area contributed by atoms with Crippen molar-refractivity contribution in [3.8, 4) is 5.75 Å². The first-order chi connectivity index (χ1) is 17.7. The summed E-state index contributed by atoms with van der Waals surface area (Å²) < 4.78 is 19.7. The second-order valence-corrected chi connectivity index (χ2v) is 9.78. The van der Waals surface area contributed by atoms with Gasteiger partial charge in [0.05, 0.1) is 7.11 Å². The Hall–Kier alpha value is -3.33. The number of nitrogens with zero attached hydrogens (tertiary/aromatic N) is 1. The summed E-state index contributed by atoms with van der Waals surface area (Å²) in [6.45, 7) is 16.6. The van der Waals surface area contributed by atoms with Crippen molar-refractivity contribution in [3.63, 3.8) is 0 Å². The van der Waals surface area contributed by atoms with Gasteiger partial charge in [0, 0.05) is 23.5 Å². The number of halogens is 1. The first-order valence-corrected chi connectivity index (χ1v) is 13.4. The smallest absolute Gasteiger partial charge is 0.126 e. The van der Waals surface area contributed by atoms with Crippen LogP contribution in [0.5, 0.6) is 5.75 Å². The molecule has 0 spiro atoms. The van der Waals surface area contributed by atoms with Crippen LogP contribution in [0.2, 0.25) is 0 Å². The molecule has 196 valence electrons. The normalized spacial score (nSPS) is 19.5. The van der Waals surface area contributed by atoms with E-state index in [2.05, 4.69) is 88.2 Å². The maximum Gasteiger partial charge on any atom is 0.126 e. The summed E-state index contributed by atoms with van der Waals surface area (Å²) in [5, 5.41) is 0. The largest absolute Gasteiger partial charge is 0.496 e. The Morgan fingerprint density at radius 1 is 1.00 bits per heavy atom. The molecule has 2 aromatic rings. The van der Waals surface area contributed by atoms with E-state index in [4.69, 9.17) is 4.74 Å². The van der Waals surface area contributed by atoms with Crippen LogP contribution in [-0.4, -0.2) is 18.1 Å². The van der Waals surface area contributed by atoms with Gasteiger partial charge in [-0.15, -0.1) is 0 Å². The van der Waals surface area contributed by atoms with Gasteiger partial charge < -0.3 is 9.64 Å². The van der Waals surface area contributed by atoms with Crippen molar-refractivity contribution < 1.29 is 9.13 Å². The molecule has 0 bridgehead atoms. The van der Waals surface area contributed by atoms with Crippen molar-refractivity contribution in [1.82, 2.24) is 4.90 Å². The molecule has 2 atom stereocenters. The quantitative estimate of drug-likeness (QED) is 0.406. The molecule has 0 saturated heterocycles. The second-order valence-electron chi connectivity index (χ2n) is 9.78. The molecule has 1 aliphatic heterocycles. The molecule has 2 aromatic carbocycles. The number of aryl methyl sites for hydroxylation is 2. The van der Waals surface area contributed by atoms with E-state index in [-0.39, 0.29) is 11.9 Å². The third-order valence-corrected chi connectivity index (χ3v) is 7.22. The number of rotatable bonds is 5. The lowest BCUT2D eigenvalue weighted by Crippen LogP contribution is -2.28. The zero-order valence-corrected chi connectivity index (χ0v) is 23.9. The summed E-state index contributed by atoms with van der Waals surface area (Å²) in [6.07, 6.45) is 14.4. The topological polar surface area (TPSA) is 12.5 Å². The van der Waals surface area contributed by atoms with Gasteiger partial charge in [-0.05, 0) is 110 Å². The van der Waals surface area contributed by atoms with E-state index in [1.54, 1.807) is 13.2 Å². The van der Waals surface area contributed by atoms with Gasteiger partial charge >= 0.3 is 0 Å². The van der Waals surface area contributed by atoms with Crippen LogP contribution >= 0.6 is 0 Å². The summed E-state index contributed by atoms with van der Waals surface area (Å²) in [5.74, 6) is 1.19. The number of benzene rings is 2. The third kappa shape index (κ3) is 5.98. The molecule has 2 aliphatic rings. The first-order valence-electron chi connectivity index (χ1n) is 13.4. The first kappa shape index (κ1) is 28.2. The summed E-state index contributed by atoms with van der Waals surface area (Å²) in [5.41, 5.74) is 10.1. The van der Waals surface area contributed by atoms with Crippen molar-refractivity contribution in [2.45, 2.75) is 67.9 Å². The standard InChI is InChI=1S/C32H36FNO.C2H6/c1-8-31(27-16-21(3)24(6)32(18-27)35-7)34-19-26(11-10-23(34)5)28-13-9-20(2)15-29(28)25-12-14-30(33)22(4)17-25;1-2/h8-14,16-20,23H,15H2,1-7H3;1-2H3/b31-8-;. The zero-order valence-electron chi connectivity index (χ0n) is 23.9. The maximum atomic E-state index is 14.0. The molecule has 1 aliphatic carbocycles. The average Bonchev–Trinajstić information content (AvgIpc) is 2.90. The minimum atomic E-state index is -0.159. The lowest BCUT2D eigenvalue weighted by molar-refractivity contribution is 0.410. The molecule has 3 heteroatoms. The Kier molecular flexibility index (Phi) is 9.37. The highest BCUT2D eigenvalue weighted by molar-refractivity contribution is 5.79. The third-order valence-electron chi connectivity index (χ3n) is 7.22. The van der Waals surface area contributed by atoms with Crippen LogP contribution in [-0.2, 0) is 0 Å². The predicted octanol–water partition coefficient (Wildman–Crippen LogP) is 9.34. The van der Waals surface area contributed by atoms with E-state index >= 15 is 0 Å². The van der Waals surface area contributed by atoms with E-state index < -0.39 is 0 Å². The summed E-state index contributed by atoms with van der Waals surface area (Å²) in [7, 11) is 1.73. The van der Waals surface area contributed by atoms with Crippen molar-refractivity contribution in [2.75, 3.05) is 7.11 Å². The van der Waals surface area contributed by atoms with Gasteiger partial charge in [0.15, 0.2) is 0 Å². The number of hydrogen-bond donors (Lipinski definition) is 0. The molecular formula is C34H42FNO.